The number of fused-ring (bicyclic) bond motifs is 1. The molecule has 1 amide bonds. The highest BCUT2D eigenvalue weighted by Crippen LogP contribution is 2.34. The van der Waals surface area contributed by atoms with Gasteiger partial charge in [-0.15, -0.1) is 0 Å². The highest BCUT2D eigenvalue weighted by atomic mass is 79.9. The van der Waals surface area contributed by atoms with Gasteiger partial charge in [-0.25, -0.2) is 0 Å². The molecule has 110 valence electrons. The zero-order valence-corrected chi connectivity index (χ0v) is 14.7. The Morgan fingerprint density at radius 1 is 1.25 bits per heavy atom. The molecule has 0 bridgehead atoms. The lowest BCUT2D eigenvalue weighted by atomic mass is 9.86. The summed E-state index contributed by atoms with van der Waals surface area (Å²) in [7, 11) is 0. The monoisotopic (exact) mass is 402 g/mol. The van der Waals surface area contributed by atoms with Crippen molar-refractivity contribution >= 4 is 37.8 Å². The van der Waals surface area contributed by atoms with Crippen LogP contribution in [0.3, 0.4) is 0 Å². The van der Waals surface area contributed by atoms with E-state index in [0.29, 0.717) is 11.8 Å². The van der Waals surface area contributed by atoms with E-state index in [4.69, 9.17) is 0 Å². The smallest absolute Gasteiger partial charge is 0.223 e. The summed E-state index contributed by atoms with van der Waals surface area (Å²) in [5.41, 5.74) is 2.49. The Bertz CT molecular complexity index is 506. The van der Waals surface area contributed by atoms with Gasteiger partial charge in [-0.05, 0) is 50.6 Å². The van der Waals surface area contributed by atoms with Gasteiger partial charge in [0.15, 0.2) is 0 Å². The number of nitrogens with zero attached hydrogens (tertiary/aromatic N) is 1. The average Bonchev–Trinajstić information content (AvgIpc) is 2.75. The lowest BCUT2D eigenvalue weighted by Gasteiger charge is -2.30. The lowest BCUT2D eigenvalue weighted by molar-refractivity contribution is -0.133. The molecule has 1 fully saturated rings. The van der Waals surface area contributed by atoms with Gasteiger partial charge in [-0.3, -0.25) is 4.79 Å². The Hall–Kier alpha value is -0.290. The maximum absolute atomic E-state index is 12.5. The van der Waals surface area contributed by atoms with Crippen molar-refractivity contribution in [3.05, 3.63) is 20.3 Å². The number of carbonyl (C=O) groups is 1. The molecule has 0 aromatic carbocycles. The summed E-state index contributed by atoms with van der Waals surface area (Å²) in [6.45, 7) is 1.58. The molecule has 5 heteroatoms. The number of aromatic amines is 1. The second-order valence-corrected chi connectivity index (χ2v) is 7.57. The molecule has 3 nitrogen and oxygen atoms in total. The van der Waals surface area contributed by atoms with Crippen LogP contribution in [-0.4, -0.2) is 22.3 Å². The molecule has 3 rings (SSSR count). The molecule has 1 aromatic rings. The van der Waals surface area contributed by atoms with Gasteiger partial charge in [-0.1, -0.05) is 19.3 Å². The van der Waals surface area contributed by atoms with E-state index in [1.165, 1.54) is 43.4 Å². The summed E-state index contributed by atoms with van der Waals surface area (Å²) in [5, 5.41) is 0. The SMILES string of the molecule is O=C(CC1CCCCC1)N1CCc2[nH]c(Br)c(Br)c2C1. The van der Waals surface area contributed by atoms with Crippen molar-refractivity contribution in [1.29, 1.82) is 0 Å². The van der Waals surface area contributed by atoms with E-state index in [1.54, 1.807) is 0 Å². The molecular weight excluding hydrogens is 384 g/mol. The summed E-state index contributed by atoms with van der Waals surface area (Å²) in [6.07, 6.45) is 8.11. The minimum atomic E-state index is 0.340. The Kier molecular flexibility index (Phi) is 4.55. The van der Waals surface area contributed by atoms with Crippen LogP contribution in [-0.2, 0) is 17.8 Å². The zero-order chi connectivity index (χ0) is 14.1. The second-order valence-electron chi connectivity index (χ2n) is 5.98. The van der Waals surface area contributed by atoms with Gasteiger partial charge in [-0.2, -0.15) is 0 Å². The van der Waals surface area contributed by atoms with Crippen LogP contribution in [0.4, 0.5) is 0 Å². The largest absolute Gasteiger partial charge is 0.352 e. The highest BCUT2D eigenvalue weighted by molar-refractivity contribution is 9.13. The van der Waals surface area contributed by atoms with Gasteiger partial charge >= 0.3 is 0 Å². The number of rotatable bonds is 2. The Morgan fingerprint density at radius 3 is 2.75 bits per heavy atom. The normalized spacial score (nSPS) is 20.0. The third kappa shape index (κ3) is 2.98. The lowest BCUT2D eigenvalue weighted by Crippen LogP contribution is -2.37. The summed E-state index contributed by atoms with van der Waals surface area (Å²) in [6, 6.07) is 0. The maximum atomic E-state index is 12.5. The van der Waals surface area contributed by atoms with Crippen molar-refractivity contribution in [3.63, 3.8) is 0 Å². The van der Waals surface area contributed by atoms with Gasteiger partial charge in [0.1, 0.15) is 0 Å². The van der Waals surface area contributed by atoms with Crippen LogP contribution in [0, 0.1) is 5.92 Å². The number of hydrogen-bond donors (Lipinski definition) is 1. The van der Waals surface area contributed by atoms with Gasteiger partial charge in [0.2, 0.25) is 5.91 Å². The molecule has 2 heterocycles. The van der Waals surface area contributed by atoms with Crippen LogP contribution >= 0.6 is 31.9 Å². The fourth-order valence-corrected chi connectivity index (χ4v) is 4.35. The molecule has 1 aromatic heterocycles. The number of amides is 1. The van der Waals surface area contributed by atoms with Crippen LogP contribution in [0.15, 0.2) is 9.08 Å². The van der Waals surface area contributed by atoms with Gasteiger partial charge in [0, 0.05) is 37.2 Å². The third-order valence-electron chi connectivity index (χ3n) is 4.60. The van der Waals surface area contributed by atoms with E-state index in [9.17, 15) is 4.79 Å². The zero-order valence-electron chi connectivity index (χ0n) is 11.6. The van der Waals surface area contributed by atoms with Crippen molar-refractivity contribution in [2.75, 3.05) is 6.54 Å². The molecule has 0 radical (unpaired) electrons. The van der Waals surface area contributed by atoms with Crippen molar-refractivity contribution in [3.8, 4) is 0 Å². The van der Waals surface area contributed by atoms with Crippen LogP contribution in [0.25, 0.3) is 0 Å². The van der Waals surface area contributed by atoms with E-state index < -0.39 is 0 Å². The van der Waals surface area contributed by atoms with Gasteiger partial charge in [0.25, 0.3) is 0 Å². The predicted molar refractivity (Wildman–Crippen MR) is 86.5 cm³/mol. The molecule has 0 atom stereocenters. The summed E-state index contributed by atoms with van der Waals surface area (Å²) in [5.74, 6) is 0.964. The second kappa shape index (κ2) is 6.22. The van der Waals surface area contributed by atoms with E-state index in [2.05, 4.69) is 36.8 Å². The van der Waals surface area contributed by atoms with Crippen LogP contribution in [0.2, 0.25) is 0 Å². The number of nitrogens with one attached hydrogen (secondary N) is 1. The van der Waals surface area contributed by atoms with Gasteiger partial charge < -0.3 is 9.88 Å². The molecule has 20 heavy (non-hydrogen) atoms. The van der Waals surface area contributed by atoms with E-state index in [0.717, 1.165) is 35.0 Å². The molecule has 1 N–H and O–H groups in total. The molecule has 1 aliphatic heterocycles. The fraction of sp³-hybridized carbons (Fsp3) is 0.667. The molecule has 2 aliphatic rings. The molecule has 1 aliphatic carbocycles. The first-order valence-corrected chi connectivity index (χ1v) is 9.06. The Labute approximate surface area is 136 Å². The highest BCUT2D eigenvalue weighted by Gasteiger charge is 2.27. The number of hydrogen-bond acceptors (Lipinski definition) is 1. The third-order valence-corrected chi connectivity index (χ3v) is 6.61. The number of H-pyrrole nitrogens is 1. The average molecular weight is 404 g/mol. The predicted octanol–water partition coefficient (Wildman–Crippen LogP) is 4.39. The molecule has 0 saturated heterocycles. The standard InChI is InChI=1S/C15H20Br2N2O/c16-14-11-9-19(7-6-12(11)18-15(14)17)13(20)8-10-4-2-1-3-5-10/h10,18H,1-9H2. The fourth-order valence-electron chi connectivity index (χ4n) is 3.40. The first-order valence-electron chi connectivity index (χ1n) is 7.47. The van der Waals surface area contributed by atoms with Gasteiger partial charge in [0.05, 0.1) is 9.08 Å². The molecule has 1 saturated carbocycles. The number of halogens is 2. The van der Waals surface area contributed by atoms with Crippen LogP contribution in [0.1, 0.15) is 49.8 Å². The topological polar surface area (TPSA) is 36.1 Å². The number of aromatic nitrogens is 1. The van der Waals surface area contributed by atoms with E-state index in [1.807, 2.05) is 4.90 Å². The Morgan fingerprint density at radius 2 is 2.00 bits per heavy atom. The maximum Gasteiger partial charge on any atom is 0.223 e. The molecular formula is C15H20Br2N2O. The van der Waals surface area contributed by atoms with Crippen molar-refractivity contribution in [2.45, 2.75) is 51.5 Å². The van der Waals surface area contributed by atoms with Crippen molar-refractivity contribution in [2.24, 2.45) is 5.92 Å². The minimum absolute atomic E-state index is 0.340. The number of carbonyl (C=O) groups excluding carboxylic acids is 1. The van der Waals surface area contributed by atoms with E-state index >= 15 is 0 Å². The molecule has 0 spiro atoms. The summed E-state index contributed by atoms with van der Waals surface area (Å²) in [4.78, 5) is 17.9. The minimum Gasteiger partial charge on any atom is -0.352 e. The van der Waals surface area contributed by atoms with E-state index in [-0.39, 0.29) is 0 Å². The first-order chi connectivity index (χ1) is 9.65. The summed E-state index contributed by atoms with van der Waals surface area (Å²) < 4.78 is 2.06. The van der Waals surface area contributed by atoms with Crippen LogP contribution in [0.5, 0.6) is 0 Å². The molecule has 0 unspecified atom stereocenters. The Balaban J connectivity index is 1.64. The van der Waals surface area contributed by atoms with Crippen molar-refractivity contribution < 1.29 is 4.79 Å². The van der Waals surface area contributed by atoms with Crippen LogP contribution < -0.4 is 0 Å². The quantitative estimate of drug-likeness (QED) is 0.780. The first kappa shape index (κ1) is 14.6. The summed E-state index contributed by atoms with van der Waals surface area (Å²) >= 11 is 7.10. The van der Waals surface area contributed by atoms with Crippen molar-refractivity contribution in [1.82, 2.24) is 9.88 Å².